The van der Waals surface area contributed by atoms with E-state index in [4.69, 9.17) is 23.1 Å². The van der Waals surface area contributed by atoms with Crippen molar-refractivity contribution in [2.75, 3.05) is 11.5 Å². The maximum absolute atomic E-state index is 5.86. The Morgan fingerprint density at radius 3 is 2.54 bits per heavy atom. The Morgan fingerprint density at radius 2 is 2.00 bits per heavy atom. The highest BCUT2D eigenvalue weighted by Crippen LogP contribution is 2.21. The van der Waals surface area contributed by atoms with Gasteiger partial charge in [-0.25, -0.2) is 4.98 Å². The zero-order valence-corrected chi connectivity index (χ0v) is 8.30. The highest BCUT2D eigenvalue weighted by Gasteiger charge is 2.08. The first-order valence-electron chi connectivity index (χ1n) is 4.22. The molecule has 0 unspecified atom stereocenters. The van der Waals surface area contributed by atoms with Crippen molar-refractivity contribution in [3.63, 3.8) is 0 Å². The quantitative estimate of drug-likeness (QED) is 0.728. The number of hydrogen-bond donors (Lipinski definition) is 2. The van der Waals surface area contributed by atoms with Crippen molar-refractivity contribution in [3.05, 3.63) is 10.7 Å². The van der Waals surface area contributed by atoms with Gasteiger partial charge in [0.1, 0.15) is 11.0 Å². The molecule has 0 saturated heterocycles. The van der Waals surface area contributed by atoms with Gasteiger partial charge in [0.05, 0.1) is 0 Å². The van der Waals surface area contributed by atoms with Crippen LogP contribution in [0.5, 0.6) is 0 Å². The molecule has 13 heavy (non-hydrogen) atoms. The van der Waals surface area contributed by atoms with Crippen LogP contribution in [0.3, 0.4) is 0 Å². The fourth-order valence-electron chi connectivity index (χ4n) is 1.07. The minimum absolute atomic E-state index is 0.128. The van der Waals surface area contributed by atoms with Gasteiger partial charge in [-0.3, -0.25) is 0 Å². The molecule has 0 spiro atoms. The Morgan fingerprint density at radius 1 is 1.31 bits per heavy atom. The second-order valence-electron chi connectivity index (χ2n) is 2.84. The van der Waals surface area contributed by atoms with Crippen LogP contribution in [0.15, 0.2) is 0 Å². The lowest BCUT2D eigenvalue weighted by molar-refractivity contribution is 0.791. The molecule has 4 N–H and O–H groups in total. The maximum atomic E-state index is 5.86. The number of rotatable bonds is 3. The van der Waals surface area contributed by atoms with Gasteiger partial charge in [0.15, 0.2) is 0 Å². The van der Waals surface area contributed by atoms with Gasteiger partial charge < -0.3 is 11.5 Å². The number of halogens is 1. The van der Waals surface area contributed by atoms with Crippen LogP contribution >= 0.6 is 11.6 Å². The van der Waals surface area contributed by atoms with Crippen molar-refractivity contribution in [3.8, 4) is 0 Å². The van der Waals surface area contributed by atoms with E-state index in [0.29, 0.717) is 11.0 Å². The summed E-state index contributed by atoms with van der Waals surface area (Å²) in [5.41, 5.74) is 11.8. The van der Waals surface area contributed by atoms with Gasteiger partial charge in [-0.1, -0.05) is 24.9 Å². The first-order chi connectivity index (χ1) is 6.15. The Labute approximate surface area is 82.3 Å². The Kier molecular flexibility index (Phi) is 3.31. The van der Waals surface area contributed by atoms with E-state index >= 15 is 0 Å². The SMILES string of the molecule is CCCCc1c(N)nc(N)nc1Cl. The molecular weight excluding hydrogens is 188 g/mol. The molecule has 5 heteroatoms. The molecule has 0 fully saturated rings. The molecule has 0 amide bonds. The predicted molar refractivity (Wildman–Crippen MR) is 54.5 cm³/mol. The van der Waals surface area contributed by atoms with E-state index in [1.807, 2.05) is 0 Å². The second kappa shape index (κ2) is 4.28. The van der Waals surface area contributed by atoms with Crippen molar-refractivity contribution < 1.29 is 0 Å². The Hall–Kier alpha value is -1.03. The number of nitrogens with zero attached hydrogens (tertiary/aromatic N) is 2. The fourth-order valence-corrected chi connectivity index (χ4v) is 1.35. The third-order valence-corrected chi connectivity index (χ3v) is 2.10. The Balaban J connectivity index is 2.92. The van der Waals surface area contributed by atoms with Crippen LogP contribution in [0.25, 0.3) is 0 Å². The summed E-state index contributed by atoms with van der Waals surface area (Å²) in [5.74, 6) is 0.522. The lowest BCUT2D eigenvalue weighted by atomic mass is 10.1. The van der Waals surface area contributed by atoms with Crippen molar-refractivity contribution >= 4 is 23.4 Å². The predicted octanol–water partition coefficient (Wildman–Crippen LogP) is 1.64. The van der Waals surface area contributed by atoms with E-state index in [1.54, 1.807) is 0 Å². The summed E-state index contributed by atoms with van der Waals surface area (Å²) in [4.78, 5) is 7.69. The van der Waals surface area contributed by atoms with Crippen molar-refractivity contribution in [2.45, 2.75) is 26.2 Å². The monoisotopic (exact) mass is 200 g/mol. The lowest BCUT2D eigenvalue weighted by Gasteiger charge is -2.05. The molecule has 0 atom stereocenters. The summed E-state index contributed by atoms with van der Waals surface area (Å²) in [6.45, 7) is 2.10. The summed E-state index contributed by atoms with van der Waals surface area (Å²) in [5, 5.41) is 0.374. The molecule has 1 rings (SSSR count). The molecule has 1 heterocycles. The molecule has 0 bridgehead atoms. The van der Waals surface area contributed by atoms with E-state index in [-0.39, 0.29) is 5.95 Å². The average molecular weight is 201 g/mol. The molecule has 1 aromatic heterocycles. The third kappa shape index (κ3) is 2.45. The first kappa shape index (κ1) is 10.1. The molecule has 72 valence electrons. The van der Waals surface area contributed by atoms with Gasteiger partial charge >= 0.3 is 0 Å². The largest absolute Gasteiger partial charge is 0.383 e. The summed E-state index contributed by atoms with van der Waals surface area (Å²) in [7, 11) is 0. The molecule has 0 aliphatic rings. The summed E-state index contributed by atoms with van der Waals surface area (Å²) in [6, 6.07) is 0. The van der Waals surface area contributed by atoms with E-state index < -0.39 is 0 Å². The van der Waals surface area contributed by atoms with E-state index in [2.05, 4.69) is 16.9 Å². The fraction of sp³-hybridized carbons (Fsp3) is 0.500. The Bertz CT molecular complexity index is 277. The molecule has 0 saturated carbocycles. The normalized spacial score (nSPS) is 10.3. The van der Waals surface area contributed by atoms with Crippen LogP contribution in [-0.4, -0.2) is 9.97 Å². The zero-order valence-electron chi connectivity index (χ0n) is 7.55. The smallest absolute Gasteiger partial charge is 0.223 e. The summed E-state index contributed by atoms with van der Waals surface area (Å²) in [6.07, 6.45) is 2.92. The third-order valence-electron chi connectivity index (χ3n) is 1.79. The van der Waals surface area contributed by atoms with Gasteiger partial charge in [0.25, 0.3) is 0 Å². The number of unbranched alkanes of at least 4 members (excludes halogenated alkanes) is 1. The minimum atomic E-state index is 0.128. The molecule has 0 aliphatic carbocycles. The first-order valence-corrected chi connectivity index (χ1v) is 4.60. The lowest BCUT2D eigenvalue weighted by Crippen LogP contribution is -2.05. The number of aromatic nitrogens is 2. The number of nitrogens with two attached hydrogens (primary N) is 2. The van der Waals surface area contributed by atoms with Crippen molar-refractivity contribution in [2.24, 2.45) is 0 Å². The number of anilines is 2. The molecule has 0 radical (unpaired) electrons. The standard InChI is InChI=1S/C8H13ClN4/c1-2-3-4-5-6(9)12-8(11)13-7(5)10/h2-4H2,1H3,(H4,10,11,12,13). The number of hydrogen-bond acceptors (Lipinski definition) is 4. The van der Waals surface area contributed by atoms with Gasteiger partial charge in [-0.15, -0.1) is 0 Å². The zero-order chi connectivity index (χ0) is 9.84. The topological polar surface area (TPSA) is 77.8 Å². The highest BCUT2D eigenvalue weighted by atomic mass is 35.5. The summed E-state index contributed by atoms with van der Waals surface area (Å²) < 4.78 is 0. The molecule has 0 aromatic carbocycles. The van der Waals surface area contributed by atoms with Crippen LogP contribution in [0.4, 0.5) is 11.8 Å². The van der Waals surface area contributed by atoms with Gasteiger partial charge in [-0.2, -0.15) is 4.98 Å². The van der Waals surface area contributed by atoms with Gasteiger partial charge in [-0.05, 0) is 12.8 Å². The van der Waals surface area contributed by atoms with Crippen LogP contribution in [0, 0.1) is 0 Å². The highest BCUT2D eigenvalue weighted by molar-refractivity contribution is 6.30. The van der Waals surface area contributed by atoms with Crippen LogP contribution in [0.1, 0.15) is 25.3 Å². The second-order valence-corrected chi connectivity index (χ2v) is 3.20. The molecule has 4 nitrogen and oxygen atoms in total. The summed E-state index contributed by atoms with van der Waals surface area (Å²) >= 11 is 5.86. The molecule has 0 aliphatic heterocycles. The van der Waals surface area contributed by atoms with Crippen LogP contribution in [0.2, 0.25) is 5.15 Å². The number of nitrogen functional groups attached to an aromatic ring is 2. The van der Waals surface area contributed by atoms with Crippen LogP contribution in [-0.2, 0) is 6.42 Å². The maximum Gasteiger partial charge on any atom is 0.223 e. The van der Waals surface area contributed by atoms with Gasteiger partial charge in [0, 0.05) is 5.56 Å². The minimum Gasteiger partial charge on any atom is -0.383 e. The van der Waals surface area contributed by atoms with E-state index in [9.17, 15) is 0 Å². The molecular formula is C8H13ClN4. The average Bonchev–Trinajstić information content (AvgIpc) is 2.02. The van der Waals surface area contributed by atoms with Crippen LogP contribution < -0.4 is 11.5 Å². The molecule has 1 aromatic rings. The van der Waals surface area contributed by atoms with E-state index in [1.165, 1.54) is 0 Å². The van der Waals surface area contributed by atoms with E-state index in [0.717, 1.165) is 24.8 Å². The van der Waals surface area contributed by atoms with Crippen molar-refractivity contribution in [1.29, 1.82) is 0 Å². The van der Waals surface area contributed by atoms with Crippen molar-refractivity contribution in [1.82, 2.24) is 9.97 Å². The van der Waals surface area contributed by atoms with Gasteiger partial charge in [0.2, 0.25) is 5.95 Å².